The maximum atomic E-state index is 11.1. The fourth-order valence-corrected chi connectivity index (χ4v) is 3.17. The number of carboxylic acids is 1. The van der Waals surface area contributed by atoms with Crippen molar-refractivity contribution in [3.63, 3.8) is 0 Å². The van der Waals surface area contributed by atoms with Gasteiger partial charge in [0.2, 0.25) is 0 Å². The third-order valence-electron chi connectivity index (χ3n) is 2.56. The molecule has 2 nitrogen and oxygen atoms in total. The number of hydrogen-bond acceptors (Lipinski definition) is 2. The van der Waals surface area contributed by atoms with Gasteiger partial charge in [-0.3, -0.25) is 0 Å². The average Bonchev–Trinajstić information content (AvgIpc) is 2.41. The standard InChI is InChI=1S/C14H9BrCl2O2S/c15-11-3-2-9(6-10(11)14(18)19)20-7-8-1-4-12(16)13(17)5-8/h1-6H,7H2,(H,18,19). The summed E-state index contributed by atoms with van der Waals surface area (Å²) < 4.78 is 0.573. The van der Waals surface area contributed by atoms with Crippen molar-refractivity contribution in [1.29, 1.82) is 0 Å². The monoisotopic (exact) mass is 390 g/mol. The highest BCUT2D eigenvalue weighted by molar-refractivity contribution is 9.10. The molecule has 0 saturated carbocycles. The maximum Gasteiger partial charge on any atom is 0.336 e. The Morgan fingerprint density at radius 2 is 1.90 bits per heavy atom. The zero-order valence-corrected chi connectivity index (χ0v) is 14.0. The van der Waals surface area contributed by atoms with Gasteiger partial charge >= 0.3 is 5.97 Å². The second kappa shape index (κ2) is 6.85. The molecular weight excluding hydrogens is 383 g/mol. The number of halogens is 3. The van der Waals surface area contributed by atoms with Crippen molar-refractivity contribution in [2.24, 2.45) is 0 Å². The highest BCUT2D eigenvalue weighted by atomic mass is 79.9. The SMILES string of the molecule is O=C(O)c1cc(SCc2ccc(Cl)c(Cl)c2)ccc1Br. The van der Waals surface area contributed by atoms with Crippen LogP contribution in [0.3, 0.4) is 0 Å². The summed E-state index contributed by atoms with van der Waals surface area (Å²) in [6.07, 6.45) is 0. The highest BCUT2D eigenvalue weighted by Gasteiger charge is 2.09. The second-order valence-corrected chi connectivity index (χ2v) is 6.70. The van der Waals surface area contributed by atoms with Crippen molar-refractivity contribution in [2.45, 2.75) is 10.6 Å². The van der Waals surface area contributed by atoms with E-state index in [1.807, 2.05) is 18.2 Å². The predicted molar refractivity (Wildman–Crippen MR) is 87.1 cm³/mol. The number of thioether (sulfide) groups is 1. The number of benzene rings is 2. The normalized spacial score (nSPS) is 10.6. The van der Waals surface area contributed by atoms with Crippen molar-refractivity contribution in [3.8, 4) is 0 Å². The largest absolute Gasteiger partial charge is 0.478 e. The average molecular weight is 392 g/mol. The summed E-state index contributed by atoms with van der Waals surface area (Å²) in [5.41, 5.74) is 1.29. The Balaban J connectivity index is 2.12. The van der Waals surface area contributed by atoms with E-state index in [9.17, 15) is 4.79 Å². The van der Waals surface area contributed by atoms with Crippen molar-refractivity contribution < 1.29 is 9.90 Å². The molecule has 0 heterocycles. The van der Waals surface area contributed by atoms with Gasteiger partial charge in [0.1, 0.15) is 0 Å². The maximum absolute atomic E-state index is 11.1. The fraction of sp³-hybridized carbons (Fsp3) is 0.0714. The van der Waals surface area contributed by atoms with E-state index in [1.54, 1.807) is 30.0 Å². The first kappa shape index (κ1) is 15.7. The van der Waals surface area contributed by atoms with Gasteiger partial charge in [-0.1, -0.05) is 29.3 Å². The lowest BCUT2D eigenvalue weighted by Crippen LogP contribution is -1.97. The summed E-state index contributed by atoms with van der Waals surface area (Å²) in [6.45, 7) is 0. The van der Waals surface area contributed by atoms with Crippen LogP contribution in [-0.2, 0) is 5.75 Å². The predicted octanol–water partition coefficient (Wildman–Crippen LogP) is 5.75. The van der Waals surface area contributed by atoms with Crippen LogP contribution in [0.1, 0.15) is 15.9 Å². The second-order valence-electron chi connectivity index (χ2n) is 3.98. The van der Waals surface area contributed by atoms with E-state index < -0.39 is 5.97 Å². The minimum absolute atomic E-state index is 0.254. The summed E-state index contributed by atoms with van der Waals surface area (Å²) in [6, 6.07) is 10.7. The third kappa shape index (κ3) is 3.92. The van der Waals surface area contributed by atoms with E-state index in [1.165, 1.54) is 0 Å². The van der Waals surface area contributed by atoms with E-state index in [0.717, 1.165) is 10.5 Å². The Kier molecular flexibility index (Phi) is 5.38. The summed E-state index contributed by atoms with van der Waals surface area (Å²) in [4.78, 5) is 11.9. The van der Waals surface area contributed by atoms with Crippen LogP contribution in [0.4, 0.5) is 0 Å². The lowest BCUT2D eigenvalue weighted by atomic mass is 10.2. The van der Waals surface area contributed by atoms with E-state index in [2.05, 4.69) is 15.9 Å². The van der Waals surface area contributed by atoms with Gasteiger partial charge in [0.15, 0.2) is 0 Å². The topological polar surface area (TPSA) is 37.3 Å². The molecular formula is C14H9BrCl2O2S. The quantitative estimate of drug-likeness (QED) is 0.674. The lowest BCUT2D eigenvalue weighted by molar-refractivity contribution is 0.0695. The summed E-state index contributed by atoms with van der Waals surface area (Å²) in [5, 5.41) is 10.1. The Bertz CT molecular complexity index is 662. The molecule has 0 amide bonds. The van der Waals surface area contributed by atoms with E-state index in [4.69, 9.17) is 28.3 Å². The zero-order valence-electron chi connectivity index (χ0n) is 10.1. The molecule has 6 heteroatoms. The Morgan fingerprint density at radius 1 is 1.15 bits per heavy atom. The van der Waals surface area contributed by atoms with Gasteiger partial charge in [-0.05, 0) is 51.8 Å². The molecule has 0 aliphatic carbocycles. The number of hydrogen-bond donors (Lipinski definition) is 1. The molecule has 0 aliphatic heterocycles. The van der Waals surface area contributed by atoms with Crippen LogP contribution in [0.5, 0.6) is 0 Å². The molecule has 0 fully saturated rings. The minimum Gasteiger partial charge on any atom is -0.478 e. The number of carboxylic acid groups (broad SMARTS) is 1. The molecule has 0 saturated heterocycles. The Labute approximate surface area is 139 Å². The zero-order chi connectivity index (χ0) is 14.7. The Hall–Kier alpha value is -0.680. The summed E-state index contributed by atoms with van der Waals surface area (Å²) >= 11 is 16.6. The summed E-state index contributed by atoms with van der Waals surface area (Å²) in [5.74, 6) is -0.258. The smallest absolute Gasteiger partial charge is 0.336 e. The molecule has 20 heavy (non-hydrogen) atoms. The van der Waals surface area contributed by atoms with Crippen molar-refractivity contribution in [3.05, 3.63) is 62.0 Å². The van der Waals surface area contributed by atoms with Gasteiger partial charge in [0, 0.05) is 15.1 Å². The van der Waals surface area contributed by atoms with Crippen LogP contribution >= 0.6 is 50.9 Å². The molecule has 0 bridgehead atoms. The number of rotatable bonds is 4. The molecule has 0 radical (unpaired) electrons. The van der Waals surface area contributed by atoms with E-state index >= 15 is 0 Å². The van der Waals surface area contributed by atoms with Crippen LogP contribution in [0.15, 0.2) is 45.8 Å². The first-order valence-electron chi connectivity index (χ1n) is 5.57. The molecule has 1 N–H and O–H groups in total. The van der Waals surface area contributed by atoms with Crippen molar-refractivity contribution >= 4 is 56.9 Å². The number of aromatic carboxylic acids is 1. The van der Waals surface area contributed by atoms with Crippen molar-refractivity contribution in [2.75, 3.05) is 0 Å². The van der Waals surface area contributed by atoms with Gasteiger partial charge < -0.3 is 5.11 Å². The van der Waals surface area contributed by atoms with Gasteiger partial charge in [0.05, 0.1) is 15.6 Å². The first-order valence-corrected chi connectivity index (χ1v) is 8.10. The molecule has 0 aliphatic rings. The van der Waals surface area contributed by atoms with E-state index in [0.29, 0.717) is 20.3 Å². The van der Waals surface area contributed by atoms with Gasteiger partial charge in [-0.15, -0.1) is 11.8 Å². The molecule has 0 atom stereocenters. The van der Waals surface area contributed by atoms with Gasteiger partial charge in [-0.25, -0.2) is 4.79 Å². The first-order chi connectivity index (χ1) is 9.47. The summed E-state index contributed by atoms with van der Waals surface area (Å²) in [7, 11) is 0. The molecule has 2 rings (SSSR count). The van der Waals surface area contributed by atoms with Gasteiger partial charge in [0.25, 0.3) is 0 Å². The van der Waals surface area contributed by atoms with E-state index in [-0.39, 0.29) is 5.56 Å². The molecule has 0 unspecified atom stereocenters. The van der Waals surface area contributed by atoms with Crippen LogP contribution in [0.2, 0.25) is 10.0 Å². The number of carbonyl (C=O) groups is 1. The molecule has 2 aromatic rings. The molecule has 0 spiro atoms. The Morgan fingerprint density at radius 3 is 2.55 bits per heavy atom. The third-order valence-corrected chi connectivity index (χ3v) is 5.05. The van der Waals surface area contributed by atoms with Crippen molar-refractivity contribution in [1.82, 2.24) is 0 Å². The molecule has 104 valence electrons. The lowest BCUT2D eigenvalue weighted by Gasteiger charge is -2.06. The van der Waals surface area contributed by atoms with Gasteiger partial charge in [-0.2, -0.15) is 0 Å². The van der Waals surface area contributed by atoms with Crippen LogP contribution in [-0.4, -0.2) is 11.1 Å². The molecule has 0 aromatic heterocycles. The fourth-order valence-electron chi connectivity index (χ4n) is 1.55. The minimum atomic E-state index is -0.950. The van der Waals surface area contributed by atoms with Crippen LogP contribution in [0, 0.1) is 0 Å². The highest BCUT2D eigenvalue weighted by Crippen LogP contribution is 2.29. The molecule has 2 aromatic carbocycles. The van der Waals surface area contributed by atoms with Crippen LogP contribution < -0.4 is 0 Å². The van der Waals surface area contributed by atoms with Crippen LogP contribution in [0.25, 0.3) is 0 Å².